The van der Waals surface area contributed by atoms with E-state index in [-0.39, 0.29) is 22.5 Å². The lowest BCUT2D eigenvalue weighted by atomic mass is 9.72. The van der Waals surface area contributed by atoms with Crippen LogP contribution >= 0.6 is 0 Å². The smallest absolute Gasteiger partial charge is 0.248 e. The van der Waals surface area contributed by atoms with Crippen molar-refractivity contribution in [2.75, 3.05) is 5.32 Å². The lowest BCUT2D eigenvalue weighted by Gasteiger charge is -2.32. The van der Waals surface area contributed by atoms with E-state index < -0.39 is 0 Å². The Morgan fingerprint density at radius 2 is 1.82 bits per heavy atom. The van der Waals surface area contributed by atoms with E-state index in [1.807, 2.05) is 31.2 Å². The SMILES string of the molecule is CC1=C(/C=C/C(C)=C/C=C/C(C)=C/C(=O)Nc2cc(C(C)(C)C)ccc2O)C(C)(C)CCC1. The van der Waals surface area contributed by atoms with Gasteiger partial charge in [-0.1, -0.05) is 82.2 Å². The highest BCUT2D eigenvalue weighted by atomic mass is 16.3. The number of anilines is 1. The molecule has 0 fully saturated rings. The van der Waals surface area contributed by atoms with Gasteiger partial charge in [-0.25, -0.2) is 0 Å². The minimum Gasteiger partial charge on any atom is -0.506 e. The van der Waals surface area contributed by atoms with Crippen molar-refractivity contribution in [3.8, 4) is 5.75 Å². The largest absolute Gasteiger partial charge is 0.506 e. The number of amides is 1. The topological polar surface area (TPSA) is 49.3 Å². The van der Waals surface area contributed by atoms with Gasteiger partial charge in [0.15, 0.2) is 0 Å². The van der Waals surface area contributed by atoms with Crippen molar-refractivity contribution < 1.29 is 9.90 Å². The zero-order valence-electron chi connectivity index (χ0n) is 21.7. The van der Waals surface area contributed by atoms with Gasteiger partial charge in [-0.3, -0.25) is 4.79 Å². The molecule has 0 saturated carbocycles. The van der Waals surface area contributed by atoms with Crippen molar-refractivity contribution in [2.24, 2.45) is 5.41 Å². The van der Waals surface area contributed by atoms with Crippen LogP contribution in [-0.4, -0.2) is 11.0 Å². The van der Waals surface area contributed by atoms with Crippen molar-refractivity contribution in [3.63, 3.8) is 0 Å². The maximum atomic E-state index is 12.4. The van der Waals surface area contributed by atoms with E-state index in [0.717, 1.165) is 16.7 Å². The molecule has 0 aliphatic heterocycles. The van der Waals surface area contributed by atoms with E-state index in [4.69, 9.17) is 0 Å². The molecule has 1 aliphatic rings. The fraction of sp³-hybridized carbons (Fsp3) is 0.433. The molecule has 0 saturated heterocycles. The van der Waals surface area contributed by atoms with Crippen LogP contribution in [0.2, 0.25) is 0 Å². The predicted octanol–water partition coefficient (Wildman–Crippen LogP) is 8.16. The van der Waals surface area contributed by atoms with Crippen molar-refractivity contribution in [1.29, 1.82) is 0 Å². The highest BCUT2D eigenvalue weighted by Crippen LogP contribution is 2.40. The maximum absolute atomic E-state index is 12.4. The third-order valence-corrected chi connectivity index (χ3v) is 6.25. The number of hydrogen-bond donors (Lipinski definition) is 2. The Labute approximate surface area is 200 Å². The number of phenols is 1. The standard InChI is InChI=1S/C30H41NO2/c1-21(14-16-25-23(3)13-10-18-30(25,7)8)11-9-12-22(2)19-28(33)31-26-20-24(29(4,5)6)15-17-27(26)32/h9,11-12,14-17,19-20,32H,10,13,18H2,1-8H3,(H,31,33)/b12-9+,16-14+,21-11+,22-19+. The summed E-state index contributed by atoms with van der Waals surface area (Å²) in [5.74, 6) is -0.198. The highest BCUT2D eigenvalue weighted by Gasteiger charge is 2.26. The number of hydrogen-bond acceptors (Lipinski definition) is 2. The first-order valence-corrected chi connectivity index (χ1v) is 11.9. The Bertz CT molecular complexity index is 1020. The Kier molecular flexibility index (Phi) is 8.71. The van der Waals surface area contributed by atoms with Crippen LogP contribution in [0.25, 0.3) is 0 Å². The van der Waals surface area contributed by atoms with E-state index in [0.29, 0.717) is 5.69 Å². The third-order valence-electron chi connectivity index (χ3n) is 6.25. The van der Waals surface area contributed by atoms with Crippen molar-refractivity contribution >= 4 is 11.6 Å². The summed E-state index contributed by atoms with van der Waals surface area (Å²) in [7, 11) is 0. The first-order valence-electron chi connectivity index (χ1n) is 11.9. The van der Waals surface area contributed by atoms with Crippen LogP contribution < -0.4 is 5.32 Å². The van der Waals surface area contributed by atoms with E-state index in [2.05, 4.69) is 72.0 Å². The van der Waals surface area contributed by atoms with Gasteiger partial charge >= 0.3 is 0 Å². The number of nitrogens with one attached hydrogen (secondary N) is 1. The van der Waals surface area contributed by atoms with Crippen LogP contribution in [0.3, 0.4) is 0 Å². The van der Waals surface area contributed by atoms with Crippen LogP contribution in [0, 0.1) is 5.41 Å². The lowest BCUT2D eigenvalue weighted by molar-refractivity contribution is -0.112. The summed E-state index contributed by atoms with van der Waals surface area (Å²) >= 11 is 0. The number of allylic oxidation sites excluding steroid dienone is 9. The Morgan fingerprint density at radius 3 is 2.45 bits per heavy atom. The van der Waals surface area contributed by atoms with Gasteiger partial charge in [-0.15, -0.1) is 0 Å². The van der Waals surface area contributed by atoms with E-state index in [9.17, 15) is 9.90 Å². The molecular weight excluding hydrogens is 406 g/mol. The number of carbonyl (C=O) groups excluding carboxylic acids is 1. The number of rotatable bonds is 6. The molecule has 0 unspecified atom stereocenters. The molecule has 2 rings (SSSR count). The molecule has 3 nitrogen and oxygen atoms in total. The predicted molar refractivity (Wildman–Crippen MR) is 142 cm³/mol. The summed E-state index contributed by atoms with van der Waals surface area (Å²) in [6.07, 6.45) is 15.6. The average Bonchev–Trinajstić information content (AvgIpc) is 2.67. The maximum Gasteiger partial charge on any atom is 0.248 e. The van der Waals surface area contributed by atoms with Gasteiger partial charge in [-0.05, 0) is 79.7 Å². The van der Waals surface area contributed by atoms with Crippen molar-refractivity contribution in [3.05, 3.63) is 82.5 Å². The Morgan fingerprint density at radius 1 is 1.12 bits per heavy atom. The second-order valence-corrected chi connectivity index (χ2v) is 10.9. The first-order chi connectivity index (χ1) is 15.3. The summed E-state index contributed by atoms with van der Waals surface area (Å²) in [5, 5.41) is 12.9. The Balaban J connectivity index is 2.03. The summed E-state index contributed by atoms with van der Waals surface area (Å²) in [4.78, 5) is 12.4. The van der Waals surface area contributed by atoms with Crippen molar-refractivity contribution in [2.45, 2.75) is 80.1 Å². The number of phenolic OH excluding ortho intramolecular Hbond substituents is 1. The van der Waals surface area contributed by atoms with Gasteiger partial charge in [0.25, 0.3) is 0 Å². The van der Waals surface area contributed by atoms with Gasteiger partial charge in [-0.2, -0.15) is 0 Å². The molecule has 0 radical (unpaired) electrons. The molecule has 0 bridgehead atoms. The number of aromatic hydroxyl groups is 1. The normalized spacial score (nSPS) is 17.8. The van der Waals surface area contributed by atoms with E-state index in [1.165, 1.54) is 36.5 Å². The van der Waals surface area contributed by atoms with Crippen LogP contribution in [0.1, 0.15) is 80.2 Å². The van der Waals surface area contributed by atoms with Gasteiger partial charge in [0.05, 0.1) is 5.69 Å². The molecule has 1 aromatic carbocycles. The zero-order chi connectivity index (χ0) is 24.8. The molecular formula is C30H41NO2. The van der Waals surface area contributed by atoms with Crippen LogP contribution in [0.15, 0.2) is 76.9 Å². The van der Waals surface area contributed by atoms with Crippen LogP contribution in [-0.2, 0) is 10.2 Å². The van der Waals surface area contributed by atoms with Gasteiger partial charge in [0.1, 0.15) is 5.75 Å². The zero-order valence-corrected chi connectivity index (χ0v) is 21.7. The second-order valence-electron chi connectivity index (χ2n) is 10.9. The van der Waals surface area contributed by atoms with Crippen LogP contribution in [0.5, 0.6) is 5.75 Å². The third kappa shape index (κ3) is 7.92. The number of carbonyl (C=O) groups is 1. The molecule has 1 amide bonds. The summed E-state index contributed by atoms with van der Waals surface area (Å²) in [5.41, 5.74) is 6.59. The molecule has 2 N–H and O–H groups in total. The second kappa shape index (κ2) is 10.9. The quantitative estimate of drug-likeness (QED) is 0.262. The lowest BCUT2D eigenvalue weighted by Crippen LogP contribution is -2.19. The molecule has 178 valence electrons. The van der Waals surface area contributed by atoms with E-state index in [1.54, 1.807) is 6.07 Å². The first kappa shape index (κ1) is 26.4. The molecule has 1 aromatic rings. The van der Waals surface area contributed by atoms with Crippen molar-refractivity contribution in [1.82, 2.24) is 0 Å². The summed E-state index contributed by atoms with van der Waals surface area (Å²) in [6.45, 7) is 17.2. The molecule has 0 heterocycles. The monoisotopic (exact) mass is 447 g/mol. The molecule has 0 aromatic heterocycles. The average molecular weight is 448 g/mol. The molecule has 33 heavy (non-hydrogen) atoms. The molecule has 1 aliphatic carbocycles. The summed E-state index contributed by atoms with van der Waals surface area (Å²) in [6, 6.07) is 5.33. The Hall–Kier alpha value is -2.81. The molecule has 0 atom stereocenters. The fourth-order valence-corrected chi connectivity index (χ4v) is 4.16. The van der Waals surface area contributed by atoms with Crippen LogP contribution in [0.4, 0.5) is 5.69 Å². The van der Waals surface area contributed by atoms with E-state index >= 15 is 0 Å². The molecule has 0 spiro atoms. The van der Waals surface area contributed by atoms with Gasteiger partial charge < -0.3 is 10.4 Å². The minimum atomic E-state index is -0.263. The number of benzene rings is 1. The molecule has 3 heteroatoms. The minimum absolute atomic E-state index is 0.0646. The fourth-order valence-electron chi connectivity index (χ4n) is 4.16. The highest BCUT2D eigenvalue weighted by molar-refractivity contribution is 6.01. The van der Waals surface area contributed by atoms with Gasteiger partial charge in [0.2, 0.25) is 5.91 Å². The summed E-state index contributed by atoms with van der Waals surface area (Å²) < 4.78 is 0. The van der Waals surface area contributed by atoms with Gasteiger partial charge in [0, 0.05) is 6.08 Å².